The normalized spacial score (nSPS) is 34.9. The molecular formula is C21H36O2. The van der Waals surface area contributed by atoms with Crippen molar-refractivity contribution in [2.24, 2.45) is 17.8 Å². The Balaban J connectivity index is 1.25. The first-order valence-corrected chi connectivity index (χ1v) is 10.3. The van der Waals surface area contributed by atoms with Crippen molar-refractivity contribution in [2.75, 3.05) is 6.61 Å². The van der Waals surface area contributed by atoms with E-state index in [2.05, 4.69) is 6.92 Å². The Kier molecular flexibility index (Phi) is 6.18. The van der Waals surface area contributed by atoms with Crippen LogP contribution in [0.3, 0.4) is 0 Å². The molecule has 4 bridgehead atoms. The number of ether oxygens (including phenoxy) is 1. The van der Waals surface area contributed by atoms with Gasteiger partial charge in [0.15, 0.2) is 0 Å². The van der Waals surface area contributed by atoms with Gasteiger partial charge in [-0.25, -0.2) is 0 Å². The first-order chi connectivity index (χ1) is 11.2. The molecule has 0 spiro atoms. The lowest BCUT2D eigenvalue weighted by Gasteiger charge is -2.56. The van der Waals surface area contributed by atoms with Crippen LogP contribution in [-0.2, 0) is 9.53 Å². The monoisotopic (exact) mass is 320 g/mol. The fourth-order valence-electron chi connectivity index (χ4n) is 5.79. The zero-order chi connectivity index (χ0) is 16.1. The van der Waals surface area contributed by atoms with Gasteiger partial charge < -0.3 is 4.74 Å². The van der Waals surface area contributed by atoms with Crippen molar-refractivity contribution in [1.82, 2.24) is 0 Å². The number of rotatable bonds is 11. The van der Waals surface area contributed by atoms with E-state index in [0.717, 1.165) is 62.9 Å². The van der Waals surface area contributed by atoms with Gasteiger partial charge in [0, 0.05) is 19.4 Å². The average Bonchev–Trinajstić information content (AvgIpc) is 2.49. The molecule has 0 aromatic rings. The summed E-state index contributed by atoms with van der Waals surface area (Å²) in [5.41, 5.74) is 0.269. The molecule has 2 nitrogen and oxygen atoms in total. The van der Waals surface area contributed by atoms with Crippen molar-refractivity contribution in [3.8, 4) is 0 Å². The number of ketones is 1. The van der Waals surface area contributed by atoms with E-state index in [1.165, 1.54) is 51.4 Å². The van der Waals surface area contributed by atoms with Gasteiger partial charge in [0.25, 0.3) is 0 Å². The van der Waals surface area contributed by atoms with E-state index in [9.17, 15) is 4.79 Å². The van der Waals surface area contributed by atoms with Crippen molar-refractivity contribution >= 4 is 5.78 Å². The molecule has 0 atom stereocenters. The van der Waals surface area contributed by atoms with Gasteiger partial charge in [-0.3, -0.25) is 4.79 Å². The maximum Gasteiger partial charge on any atom is 0.132 e. The Hall–Kier alpha value is -0.370. The van der Waals surface area contributed by atoms with Gasteiger partial charge in [0.1, 0.15) is 5.78 Å². The second-order valence-electron chi connectivity index (χ2n) is 8.76. The average molecular weight is 321 g/mol. The summed E-state index contributed by atoms with van der Waals surface area (Å²) >= 11 is 0. The van der Waals surface area contributed by atoms with E-state index in [-0.39, 0.29) is 5.60 Å². The van der Waals surface area contributed by atoms with Crippen molar-refractivity contribution < 1.29 is 9.53 Å². The summed E-state index contributed by atoms with van der Waals surface area (Å²) in [6.45, 7) is 3.12. The molecule has 4 fully saturated rings. The first-order valence-electron chi connectivity index (χ1n) is 10.3. The SMILES string of the molecule is CCCCCC(=O)CCCCCOC12CC3CC(CC(C3)C1)C2. The smallest absolute Gasteiger partial charge is 0.132 e. The Morgan fingerprint density at radius 2 is 1.43 bits per heavy atom. The minimum atomic E-state index is 0.269. The quantitative estimate of drug-likeness (QED) is 0.458. The highest BCUT2D eigenvalue weighted by Gasteiger charge is 2.51. The van der Waals surface area contributed by atoms with Gasteiger partial charge in [0.05, 0.1) is 5.60 Å². The number of hydrogen-bond acceptors (Lipinski definition) is 2. The lowest BCUT2D eigenvalue weighted by Crippen LogP contribution is -2.52. The predicted octanol–water partition coefficient (Wildman–Crippen LogP) is 5.68. The van der Waals surface area contributed by atoms with Crippen molar-refractivity contribution in [2.45, 2.75) is 102 Å². The number of Topliss-reactive ketones (excluding diaryl/α,β-unsaturated/α-hetero) is 1. The minimum Gasteiger partial charge on any atom is -0.375 e. The van der Waals surface area contributed by atoms with Gasteiger partial charge in [-0.1, -0.05) is 26.2 Å². The Morgan fingerprint density at radius 3 is 2.00 bits per heavy atom. The van der Waals surface area contributed by atoms with Crippen molar-refractivity contribution in [3.63, 3.8) is 0 Å². The molecule has 0 aliphatic heterocycles. The molecule has 4 saturated carbocycles. The van der Waals surface area contributed by atoms with Crippen LogP contribution < -0.4 is 0 Å². The van der Waals surface area contributed by atoms with E-state index in [4.69, 9.17) is 4.74 Å². The van der Waals surface area contributed by atoms with Crippen LogP contribution in [0, 0.1) is 17.8 Å². The van der Waals surface area contributed by atoms with Crippen LogP contribution in [0.2, 0.25) is 0 Å². The molecule has 0 radical (unpaired) electrons. The lowest BCUT2D eigenvalue weighted by atomic mass is 9.54. The fraction of sp³-hybridized carbons (Fsp3) is 0.952. The molecular weight excluding hydrogens is 284 g/mol. The van der Waals surface area contributed by atoms with E-state index >= 15 is 0 Å². The van der Waals surface area contributed by atoms with Gasteiger partial charge in [-0.05, 0) is 75.5 Å². The molecule has 0 N–H and O–H groups in total. The van der Waals surface area contributed by atoms with Crippen LogP contribution in [0.1, 0.15) is 96.8 Å². The molecule has 132 valence electrons. The standard InChI is InChI=1S/C21H36O2/c1-2-3-5-8-20(22)9-6-4-7-10-23-21-14-17-11-18(15-21)13-19(12-17)16-21/h17-19H,2-16H2,1H3. The topological polar surface area (TPSA) is 26.3 Å². The number of carbonyl (C=O) groups is 1. The van der Waals surface area contributed by atoms with E-state index in [0.29, 0.717) is 5.78 Å². The maximum atomic E-state index is 11.7. The third kappa shape index (κ3) is 4.81. The Morgan fingerprint density at radius 1 is 0.870 bits per heavy atom. The van der Waals surface area contributed by atoms with Crippen molar-refractivity contribution in [1.29, 1.82) is 0 Å². The minimum absolute atomic E-state index is 0.269. The van der Waals surface area contributed by atoms with E-state index in [1.807, 2.05) is 0 Å². The van der Waals surface area contributed by atoms with Crippen LogP contribution in [0.5, 0.6) is 0 Å². The van der Waals surface area contributed by atoms with Crippen LogP contribution in [0.25, 0.3) is 0 Å². The molecule has 4 aliphatic carbocycles. The van der Waals surface area contributed by atoms with Gasteiger partial charge in [-0.15, -0.1) is 0 Å². The third-order valence-electron chi connectivity index (χ3n) is 6.55. The molecule has 4 rings (SSSR count). The number of hydrogen-bond donors (Lipinski definition) is 0. The molecule has 0 amide bonds. The summed E-state index contributed by atoms with van der Waals surface area (Å²) in [5, 5.41) is 0. The number of unbranched alkanes of at least 4 members (excludes halogenated alkanes) is 4. The third-order valence-corrected chi connectivity index (χ3v) is 6.55. The van der Waals surface area contributed by atoms with Crippen LogP contribution in [0.15, 0.2) is 0 Å². The number of carbonyl (C=O) groups excluding carboxylic acids is 1. The highest BCUT2D eigenvalue weighted by molar-refractivity contribution is 5.78. The summed E-state index contributed by atoms with van der Waals surface area (Å²) in [6, 6.07) is 0. The van der Waals surface area contributed by atoms with Crippen LogP contribution in [-0.4, -0.2) is 18.0 Å². The Labute approximate surface area is 142 Å². The van der Waals surface area contributed by atoms with Gasteiger partial charge in [0.2, 0.25) is 0 Å². The lowest BCUT2D eigenvalue weighted by molar-refractivity contribution is -0.162. The molecule has 0 aromatic carbocycles. The van der Waals surface area contributed by atoms with E-state index < -0.39 is 0 Å². The molecule has 2 heteroatoms. The maximum absolute atomic E-state index is 11.7. The van der Waals surface area contributed by atoms with Gasteiger partial charge in [-0.2, -0.15) is 0 Å². The second kappa shape index (κ2) is 8.14. The molecule has 0 unspecified atom stereocenters. The zero-order valence-corrected chi connectivity index (χ0v) is 15.2. The summed E-state index contributed by atoms with van der Waals surface area (Å²) < 4.78 is 6.44. The van der Waals surface area contributed by atoms with Crippen LogP contribution >= 0.6 is 0 Å². The second-order valence-corrected chi connectivity index (χ2v) is 8.76. The summed E-state index contributed by atoms with van der Waals surface area (Å²) in [4.78, 5) is 11.7. The highest BCUT2D eigenvalue weighted by Crippen LogP contribution is 2.57. The summed E-state index contributed by atoms with van der Waals surface area (Å²) in [7, 11) is 0. The highest BCUT2D eigenvalue weighted by atomic mass is 16.5. The van der Waals surface area contributed by atoms with Crippen molar-refractivity contribution in [3.05, 3.63) is 0 Å². The molecule has 0 saturated heterocycles. The predicted molar refractivity (Wildman–Crippen MR) is 94.5 cm³/mol. The first kappa shape index (κ1) is 17.5. The Bertz CT molecular complexity index is 352. The summed E-state index contributed by atoms with van der Waals surface area (Å²) in [6.07, 6.45) is 16.9. The largest absolute Gasteiger partial charge is 0.375 e. The molecule has 23 heavy (non-hydrogen) atoms. The zero-order valence-electron chi connectivity index (χ0n) is 15.2. The molecule has 4 aliphatic rings. The van der Waals surface area contributed by atoms with Crippen LogP contribution in [0.4, 0.5) is 0 Å². The van der Waals surface area contributed by atoms with Gasteiger partial charge >= 0.3 is 0 Å². The molecule has 0 aromatic heterocycles. The molecule has 0 heterocycles. The van der Waals surface area contributed by atoms with E-state index in [1.54, 1.807) is 0 Å². The summed E-state index contributed by atoms with van der Waals surface area (Å²) in [5.74, 6) is 3.39. The fourth-order valence-corrected chi connectivity index (χ4v) is 5.79.